The highest BCUT2D eigenvalue weighted by molar-refractivity contribution is 8.04. The van der Waals surface area contributed by atoms with Gasteiger partial charge in [-0.05, 0) is 53.8 Å². The van der Waals surface area contributed by atoms with Crippen molar-refractivity contribution in [2.75, 3.05) is 51.7 Å². The van der Waals surface area contributed by atoms with Gasteiger partial charge in [0.05, 0.1) is 9.79 Å². The molecule has 0 aliphatic carbocycles. The summed E-state index contributed by atoms with van der Waals surface area (Å²) in [5.41, 5.74) is 6.36. The summed E-state index contributed by atoms with van der Waals surface area (Å²) >= 11 is 0. The molecule has 1 atom stereocenters. The van der Waals surface area contributed by atoms with Gasteiger partial charge in [-0.25, -0.2) is 16.8 Å². The minimum absolute atomic E-state index is 0.0979. The molecule has 0 bridgehead atoms. The third kappa shape index (κ3) is 7.07. The number of benzene rings is 4. The van der Waals surface area contributed by atoms with Gasteiger partial charge in [-0.2, -0.15) is 0 Å². The number of carbonyl (C=O) groups excluding carboxylic acids is 1. The van der Waals surface area contributed by atoms with Crippen LogP contribution in [0.2, 0.25) is 0 Å². The molecule has 0 unspecified atom stereocenters. The van der Waals surface area contributed by atoms with Gasteiger partial charge in [-0.15, -0.1) is 0 Å². The fourth-order valence-electron chi connectivity index (χ4n) is 6.11. The zero-order chi connectivity index (χ0) is 34.8. The Hall–Kier alpha value is -4.73. The van der Waals surface area contributed by atoms with E-state index in [0.29, 0.717) is 42.4 Å². The van der Waals surface area contributed by atoms with Crippen LogP contribution in [0.25, 0.3) is 21.5 Å². The molecule has 1 heterocycles. The van der Waals surface area contributed by atoms with Gasteiger partial charge in [-0.3, -0.25) is 15.0 Å². The Morgan fingerprint density at radius 1 is 0.896 bits per heavy atom. The van der Waals surface area contributed by atoms with E-state index < -0.39 is 45.0 Å². The number of guanidine groups is 1. The molecule has 4 N–H and O–H groups in total. The number of rotatable bonds is 11. The Bertz CT molecular complexity index is 2100. The van der Waals surface area contributed by atoms with Crippen molar-refractivity contribution >= 4 is 65.1 Å². The first kappa shape index (κ1) is 34.6. The van der Waals surface area contributed by atoms with E-state index in [-0.39, 0.29) is 37.3 Å². The molecule has 4 aromatic rings. The number of likely N-dealkylation sites (tertiary alicyclic amines) is 1. The molecule has 0 aromatic heterocycles. The Balaban J connectivity index is 1.61. The standard InChI is InChI=1S/C33H38N6O7S2/c1-36(2)29-13-5-12-28-27(29)11-6-14-30(28)48(45,46)39(47(43,44)26-16-15-24-9-3-4-10-25(24)18-26)21-31(40)38(22-32(41)42)20-23-8-7-17-37(19-23)33(34)35/h3-6,9-16,18,23H,7-8,17,19-22H2,1-2H3,(H3,34,35)(H,41,42)/t23-/m0/s1. The number of piperidine rings is 1. The molecule has 0 spiro atoms. The number of amides is 1. The van der Waals surface area contributed by atoms with Gasteiger partial charge in [0.2, 0.25) is 5.91 Å². The molecular weight excluding hydrogens is 657 g/mol. The van der Waals surface area contributed by atoms with Crippen LogP contribution in [-0.2, 0) is 29.6 Å². The molecule has 4 aromatic carbocycles. The Morgan fingerprint density at radius 2 is 1.58 bits per heavy atom. The second-order valence-electron chi connectivity index (χ2n) is 12.0. The lowest BCUT2D eigenvalue weighted by molar-refractivity contribution is -0.144. The molecule has 1 aliphatic heterocycles. The van der Waals surface area contributed by atoms with Crippen LogP contribution in [0.5, 0.6) is 0 Å². The Kier molecular flexibility index (Phi) is 9.94. The van der Waals surface area contributed by atoms with Crippen LogP contribution in [-0.4, -0.2) is 100 Å². The molecule has 0 saturated carbocycles. The number of carboxylic acid groups (broad SMARTS) is 1. The zero-order valence-electron chi connectivity index (χ0n) is 26.6. The normalized spacial score (nSPS) is 15.5. The number of hydrogen-bond acceptors (Lipinski definition) is 8. The number of carbonyl (C=O) groups is 2. The number of sulfonamides is 2. The number of aliphatic carboxylic acids is 1. The minimum atomic E-state index is -4.96. The van der Waals surface area contributed by atoms with Gasteiger partial charge in [0.1, 0.15) is 13.1 Å². The second kappa shape index (κ2) is 13.8. The van der Waals surface area contributed by atoms with Crippen LogP contribution >= 0.6 is 0 Å². The summed E-state index contributed by atoms with van der Waals surface area (Å²) in [7, 11) is -6.29. The molecule has 15 heteroatoms. The van der Waals surface area contributed by atoms with Crippen molar-refractivity contribution in [3.8, 4) is 0 Å². The summed E-state index contributed by atoms with van der Waals surface area (Å²) in [6.45, 7) is -1.22. The van der Waals surface area contributed by atoms with Crippen molar-refractivity contribution in [2.45, 2.75) is 22.6 Å². The lowest BCUT2D eigenvalue weighted by atomic mass is 9.97. The van der Waals surface area contributed by atoms with Crippen molar-refractivity contribution in [2.24, 2.45) is 11.7 Å². The summed E-state index contributed by atoms with van der Waals surface area (Å²) < 4.78 is 58.2. The molecule has 13 nitrogen and oxygen atoms in total. The van der Waals surface area contributed by atoms with Gasteiger partial charge in [-0.1, -0.05) is 58.3 Å². The monoisotopic (exact) mass is 694 g/mol. The summed E-state index contributed by atoms with van der Waals surface area (Å²) in [4.78, 5) is 29.6. The van der Waals surface area contributed by atoms with Gasteiger partial charge in [0.15, 0.2) is 5.96 Å². The summed E-state index contributed by atoms with van der Waals surface area (Å²) in [6, 6.07) is 20.7. The third-order valence-electron chi connectivity index (χ3n) is 8.46. The molecule has 1 fully saturated rings. The van der Waals surface area contributed by atoms with Crippen LogP contribution in [0.1, 0.15) is 12.8 Å². The number of anilines is 1. The Morgan fingerprint density at radius 3 is 2.27 bits per heavy atom. The van der Waals surface area contributed by atoms with Crippen molar-refractivity contribution in [3.63, 3.8) is 0 Å². The van der Waals surface area contributed by atoms with Gasteiger partial charge in [0, 0.05) is 50.2 Å². The average Bonchev–Trinajstić information content (AvgIpc) is 3.05. The van der Waals surface area contributed by atoms with E-state index in [0.717, 1.165) is 10.3 Å². The highest BCUT2D eigenvalue weighted by Gasteiger charge is 2.41. The van der Waals surface area contributed by atoms with Gasteiger partial charge < -0.3 is 25.5 Å². The number of carboxylic acids is 1. The lowest BCUT2D eigenvalue weighted by Gasteiger charge is -2.36. The van der Waals surface area contributed by atoms with Gasteiger partial charge in [0.25, 0.3) is 20.0 Å². The van der Waals surface area contributed by atoms with E-state index in [1.54, 1.807) is 78.5 Å². The van der Waals surface area contributed by atoms with Crippen molar-refractivity contribution < 1.29 is 31.5 Å². The number of fused-ring (bicyclic) bond motifs is 2. The molecule has 0 radical (unpaired) electrons. The number of nitrogens with zero attached hydrogens (tertiary/aromatic N) is 4. The third-order valence-corrected chi connectivity index (χ3v) is 12.7. The SMILES string of the molecule is CN(C)c1cccc2c(S(=O)(=O)N(CC(=O)N(CC(=O)O)C[C@H]3CCCN(C(=N)N)C3)S(=O)(=O)c3ccc4ccccc4c3)cccc12. The van der Waals surface area contributed by atoms with Crippen molar-refractivity contribution in [1.82, 2.24) is 13.5 Å². The number of hydrogen-bond donors (Lipinski definition) is 3. The average molecular weight is 695 g/mol. The fraction of sp³-hybridized carbons (Fsp3) is 0.303. The smallest absolute Gasteiger partial charge is 0.323 e. The molecular formula is C33H38N6O7S2. The molecule has 5 rings (SSSR count). The lowest BCUT2D eigenvalue weighted by Crippen LogP contribution is -2.50. The van der Waals surface area contributed by atoms with Crippen LogP contribution in [0.3, 0.4) is 0 Å². The van der Waals surface area contributed by atoms with Crippen LogP contribution in [0.15, 0.2) is 88.7 Å². The van der Waals surface area contributed by atoms with Crippen molar-refractivity contribution in [3.05, 3.63) is 78.9 Å². The van der Waals surface area contributed by atoms with E-state index >= 15 is 0 Å². The predicted octanol–water partition coefficient (Wildman–Crippen LogP) is 2.96. The number of nitrogens with one attached hydrogen (secondary N) is 1. The van der Waals surface area contributed by atoms with Crippen molar-refractivity contribution in [1.29, 1.82) is 5.41 Å². The topological polar surface area (TPSA) is 185 Å². The maximum atomic E-state index is 14.6. The largest absolute Gasteiger partial charge is 0.480 e. The zero-order valence-corrected chi connectivity index (χ0v) is 28.2. The van der Waals surface area contributed by atoms with E-state index in [1.165, 1.54) is 24.3 Å². The van der Waals surface area contributed by atoms with E-state index in [2.05, 4.69) is 0 Å². The molecule has 254 valence electrons. The van der Waals surface area contributed by atoms with Crippen LogP contribution in [0.4, 0.5) is 5.69 Å². The number of nitrogens with two attached hydrogens (primary N) is 1. The quantitative estimate of drug-likeness (QED) is 0.156. The molecule has 1 saturated heterocycles. The Labute approximate surface area is 279 Å². The van der Waals surface area contributed by atoms with E-state index in [9.17, 15) is 31.5 Å². The fourth-order valence-corrected chi connectivity index (χ4v) is 9.88. The van der Waals surface area contributed by atoms with E-state index in [1.807, 2.05) is 0 Å². The first-order valence-corrected chi connectivity index (χ1v) is 18.1. The molecule has 48 heavy (non-hydrogen) atoms. The maximum absolute atomic E-state index is 14.6. The predicted molar refractivity (Wildman–Crippen MR) is 184 cm³/mol. The first-order valence-electron chi connectivity index (χ1n) is 15.2. The second-order valence-corrected chi connectivity index (χ2v) is 15.9. The highest BCUT2D eigenvalue weighted by Crippen LogP contribution is 2.34. The molecule has 1 amide bonds. The summed E-state index contributed by atoms with van der Waals surface area (Å²) in [5, 5.41) is 19.6. The van der Waals surface area contributed by atoms with Crippen LogP contribution < -0.4 is 10.6 Å². The van der Waals surface area contributed by atoms with Crippen LogP contribution in [0, 0.1) is 11.3 Å². The first-order chi connectivity index (χ1) is 22.7. The highest BCUT2D eigenvalue weighted by atomic mass is 32.3. The van der Waals surface area contributed by atoms with Gasteiger partial charge >= 0.3 is 5.97 Å². The van der Waals surface area contributed by atoms with E-state index in [4.69, 9.17) is 11.1 Å². The minimum Gasteiger partial charge on any atom is -0.480 e. The summed E-state index contributed by atoms with van der Waals surface area (Å²) in [5.74, 6) is -2.78. The molecule has 1 aliphatic rings. The summed E-state index contributed by atoms with van der Waals surface area (Å²) in [6.07, 6.45) is 1.25. The maximum Gasteiger partial charge on any atom is 0.323 e.